The molecule has 0 atom stereocenters. The average molecular weight is 418 g/mol. The number of esters is 1. The summed E-state index contributed by atoms with van der Waals surface area (Å²) in [5.74, 6) is -1.85. The first kappa shape index (κ1) is 20.4. The molecule has 1 saturated heterocycles. The maximum absolute atomic E-state index is 12.8. The van der Waals surface area contributed by atoms with Gasteiger partial charge in [-0.1, -0.05) is 12.1 Å². The highest BCUT2D eigenvalue weighted by atomic mass is 19.4. The minimum Gasteiger partial charge on any atom is -0.493 e. The van der Waals surface area contributed by atoms with E-state index in [1.54, 1.807) is 42.5 Å². The predicted octanol–water partition coefficient (Wildman–Crippen LogP) is 4.72. The minimum atomic E-state index is -5.09. The predicted molar refractivity (Wildman–Crippen MR) is 107 cm³/mol. The number of fused-ring (bicyclic) bond motifs is 2. The molecule has 0 spiro atoms. The number of para-hydroxylation sites is 1. The number of likely N-dealkylation sites (tertiary alicyclic amines) is 1. The highest BCUT2D eigenvalue weighted by Gasteiger charge is 2.42. The van der Waals surface area contributed by atoms with E-state index in [2.05, 4.69) is 9.88 Å². The lowest BCUT2D eigenvalue weighted by molar-refractivity contribution is -0.189. The molecule has 0 bridgehead atoms. The van der Waals surface area contributed by atoms with Crippen LogP contribution in [-0.2, 0) is 4.79 Å². The van der Waals surface area contributed by atoms with Gasteiger partial charge in [0.1, 0.15) is 11.5 Å². The van der Waals surface area contributed by atoms with Crippen molar-refractivity contribution in [2.45, 2.75) is 25.4 Å². The van der Waals surface area contributed by atoms with Crippen LogP contribution in [0.25, 0.3) is 21.8 Å². The topological polar surface area (TPSA) is 51.7 Å². The van der Waals surface area contributed by atoms with Gasteiger partial charge in [0.25, 0.3) is 0 Å². The number of alkyl halides is 3. The van der Waals surface area contributed by atoms with Crippen molar-refractivity contribution in [1.82, 2.24) is 9.88 Å². The van der Waals surface area contributed by atoms with Crippen molar-refractivity contribution in [2.75, 3.05) is 26.2 Å². The van der Waals surface area contributed by atoms with E-state index in [9.17, 15) is 18.0 Å². The molecule has 5 nitrogen and oxygen atoms in total. The summed E-state index contributed by atoms with van der Waals surface area (Å²) in [6.07, 6.45) is -1.72. The fraction of sp³-hybridized carbons (Fsp3) is 0.364. The zero-order valence-electron chi connectivity index (χ0n) is 16.2. The summed E-state index contributed by atoms with van der Waals surface area (Å²) in [5.41, 5.74) is 0.830. The molecular formula is C22H21F3N2O3. The van der Waals surface area contributed by atoms with Gasteiger partial charge >= 0.3 is 12.1 Å². The van der Waals surface area contributed by atoms with Crippen LogP contribution in [0.3, 0.4) is 0 Å². The van der Waals surface area contributed by atoms with Crippen LogP contribution < -0.4 is 9.47 Å². The Morgan fingerprint density at radius 2 is 1.77 bits per heavy atom. The third-order valence-corrected chi connectivity index (χ3v) is 5.12. The summed E-state index contributed by atoms with van der Waals surface area (Å²) in [4.78, 5) is 18.4. The fourth-order valence-corrected chi connectivity index (χ4v) is 3.67. The molecule has 1 aliphatic heterocycles. The Morgan fingerprint density at radius 1 is 1.03 bits per heavy atom. The van der Waals surface area contributed by atoms with Crippen molar-refractivity contribution < 1.29 is 27.4 Å². The second-order valence-electron chi connectivity index (χ2n) is 7.28. The molecule has 8 heteroatoms. The summed E-state index contributed by atoms with van der Waals surface area (Å²) in [7, 11) is 0. The molecule has 2 heterocycles. The second kappa shape index (κ2) is 8.47. The number of benzene rings is 2. The Morgan fingerprint density at radius 3 is 2.53 bits per heavy atom. The number of carbonyl (C=O) groups is 1. The SMILES string of the molecule is O=C(Oc1c2ccccc2nc2cc(OCCCN3CCCC3)ccc12)C(F)(F)F. The van der Waals surface area contributed by atoms with Crippen LogP contribution >= 0.6 is 0 Å². The van der Waals surface area contributed by atoms with E-state index in [0.29, 0.717) is 34.2 Å². The molecule has 1 aliphatic rings. The monoisotopic (exact) mass is 418 g/mol. The van der Waals surface area contributed by atoms with Gasteiger partial charge in [-0.2, -0.15) is 13.2 Å². The van der Waals surface area contributed by atoms with Crippen LogP contribution in [0.4, 0.5) is 13.2 Å². The number of hydrogen-bond acceptors (Lipinski definition) is 5. The lowest BCUT2D eigenvalue weighted by atomic mass is 10.1. The normalized spacial score (nSPS) is 15.0. The van der Waals surface area contributed by atoms with Gasteiger partial charge in [0.05, 0.1) is 17.6 Å². The first-order valence-corrected chi connectivity index (χ1v) is 9.88. The molecule has 158 valence electrons. The number of hydrogen-bond donors (Lipinski definition) is 0. The number of aromatic nitrogens is 1. The van der Waals surface area contributed by atoms with Crippen molar-refractivity contribution >= 4 is 27.8 Å². The van der Waals surface area contributed by atoms with Gasteiger partial charge in [-0.05, 0) is 56.6 Å². The highest BCUT2D eigenvalue weighted by Crippen LogP contribution is 2.35. The number of carbonyl (C=O) groups excluding carboxylic acids is 1. The fourth-order valence-electron chi connectivity index (χ4n) is 3.67. The van der Waals surface area contributed by atoms with Gasteiger partial charge in [0.2, 0.25) is 0 Å². The first-order valence-electron chi connectivity index (χ1n) is 9.88. The molecule has 1 aromatic heterocycles. The largest absolute Gasteiger partial charge is 0.493 e. The highest BCUT2D eigenvalue weighted by molar-refractivity contribution is 6.03. The summed E-state index contributed by atoms with van der Waals surface area (Å²) in [5, 5.41) is 0.651. The maximum Gasteiger partial charge on any atom is 0.491 e. The molecule has 0 amide bonds. The van der Waals surface area contributed by atoms with E-state index < -0.39 is 12.1 Å². The number of nitrogens with zero attached hydrogens (tertiary/aromatic N) is 2. The van der Waals surface area contributed by atoms with Gasteiger partial charge < -0.3 is 14.4 Å². The van der Waals surface area contributed by atoms with Gasteiger partial charge in [-0.15, -0.1) is 0 Å². The first-order chi connectivity index (χ1) is 14.4. The van der Waals surface area contributed by atoms with E-state index in [4.69, 9.17) is 9.47 Å². The van der Waals surface area contributed by atoms with Crippen molar-refractivity contribution in [3.05, 3.63) is 42.5 Å². The standard InChI is InChI=1S/C22H21F3N2O3/c23-22(24,25)21(28)30-20-16-6-1-2-7-18(16)26-19-14-15(8-9-17(19)20)29-13-5-12-27-10-3-4-11-27/h1-2,6-9,14H,3-5,10-13H2. The third-order valence-electron chi connectivity index (χ3n) is 5.12. The van der Waals surface area contributed by atoms with Crippen molar-refractivity contribution in [3.8, 4) is 11.5 Å². The minimum absolute atomic E-state index is 0.154. The van der Waals surface area contributed by atoms with Crippen molar-refractivity contribution in [1.29, 1.82) is 0 Å². The summed E-state index contributed by atoms with van der Waals surface area (Å²) >= 11 is 0. The molecule has 0 unspecified atom stereocenters. The zero-order chi connectivity index (χ0) is 21.1. The lowest BCUT2D eigenvalue weighted by Crippen LogP contribution is -2.28. The quantitative estimate of drug-likeness (QED) is 0.329. The van der Waals surface area contributed by atoms with E-state index in [1.165, 1.54) is 12.8 Å². The molecule has 1 fully saturated rings. The van der Waals surface area contributed by atoms with Crippen LogP contribution in [0.1, 0.15) is 19.3 Å². The molecule has 0 N–H and O–H groups in total. The van der Waals surface area contributed by atoms with Crippen LogP contribution in [0, 0.1) is 0 Å². The Bertz CT molecular complexity index is 1060. The number of halogens is 3. The Labute approximate surface area is 171 Å². The van der Waals surface area contributed by atoms with Crippen LogP contribution in [0.15, 0.2) is 42.5 Å². The molecule has 3 aromatic rings. The smallest absolute Gasteiger partial charge is 0.491 e. The van der Waals surface area contributed by atoms with Crippen molar-refractivity contribution in [3.63, 3.8) is 0 Å². The van der Waals surface area contributed by atoms with E-state index in [-0.39, 0.29) is 5.75 Å². The van der Waals surface area contributed by atoms with E-state index >= 15 is 0 Å². The number of ether oxygens (including phenoxy) is 2. The number of pyridine rings is 1. The summed E-state index contributed by atoms with van der Waals surface area (Å²) in [6.45, 7) is 3.78. The van der Waals surface area contributed by atoms with E-state index in [0.717, 1.165) is 26.1 Å². The van der Waals surface area contributed by atoms with Crippen LogP contribution in [0.2, 0.25) is 0 Å². The van der Waals surface area contributed by atoms with Gasteiger partial charge in [0.15, 0.2) is 0 Å². The van der Waals surface area contributed by atoms with Crippen LogP contribution in [-0.4, -0.2) is 48.3 Å². The second-order valence-corrected chi connectivity index (χ2v) is 7.28. The summed E-state index contributed by atoms with van der Waals surface area (Å²) in [6, 6.07) is 11.5. The summed E-state index contributed by atoms with van der Waals surface area (Å²) < 4.78 is 48.9. The Balaban J connectivity index is 1.58. The Kier molecular flexibility index (Phi) is 5.76. The lowest BCUT2D eigenvalue weighted by Gasteiger charge is -2.15. The average Bonchev–Trinajstić information content (AvgIpc) is 3.23. The van der Waals surface area contributed by atoms with Crippen molar-refractivity contribution in [2.24, 2.45) is 0 Å². The third kappa shape index (κ3) is 4.48. The molecule has 4 rings (SSSR count). The molecule has 30 heavy (non-hydrogen) atoms. The molecule has 0 radical (unpaired) electrons. The molecule has 0 saturated carbocycles. The van der Waals surface area contributed by atoms with Crippen LogP contribution in [0.5, 0.6) is 11.5 Å². The van der Waals surface area contributed by atoms with E-state index in [1.807, 2.05) is 0 Å². The Hall–Kier alpha value is -2.87. The van der Waals surface area contributed by atoms with Gasteiger partial charge in [-0.3, -0.25) is 0 Å². The molecule has 2 aromatic carbocycles. The zero-order valence-corrected chi connectivity index (χ0v) is 16.2. The van der Waals surface area contributed by atoms with Gasteiger partial charge in [0, 0.05) is 23.4 Å². The number of rotatable bonds is 6. The molecular weight excluding hydrogens is 397 g/mol. The van der Waals surface area contributed by atoms with Gasteiger partial charge in [-0.25, -0.2) is 9.78 Å². The molecule has 0 aliphatic carbocycles. The maximum atomic E-state index is 12.8.